The average Bonchev–Trinajstić information content (AvgIpc) is 2.35. The summed E-state index contributed by atoms with van der Waals surface area (Å²) in [5, 5.41) is 0. The number of benzene rings is 1. The average molecular weight is 224 g/mol. The van der Waals surface area contributed by atoms with Crippen LogP contribution in [0.2, 0.25) is 0 Å². The fourth-order valence-corrected chi connectivity index (χ4v) is 1.25. The summed E-state index contributed by atoms with van der Waals surface area (Å²) in [6, 6.07) is 7.06. The van der Waals surface area contributed by atoms with Gasteiger partial charge in [0, 0.05) is 0 Å². The topological polar surface area (TPSA) is 44.8 Å². The van der Waals surface area contributed by atoms with Gasteiger partial charge in [-0.1, -0.05) is 6.92 Å². The van der Waals surface area contributed by atoms with Crippen molar-refractivity contribution >= 4 is 5.97 Å². The van der Waals surface area contributed by atoms with Crippen LogP contribution < -0.4 is 9.47 Å². The van der Waals surface area contributed by atoms with Crippen molar-refractivity contribution in [2.24, 2.45) is 0 Å². The molecule has 0 heterocycles. The Hall–Kier alpha value is -1.71. The third-order valence-electron chi connectivity index (χ3n) is 2.17. The highest BCUT2D eigenvalue weighted by molar-refractivity contribution is 5.74. The highest BCUT2D eigenvalue weighted by Crippen LogP contribution is 2.19. The normalized spacial score (nSPS) is 11.7. The Bertz CT molecular complexity index is 331. The van der Waals surface area contributed by atoms with Gasteiger partial charge in [-0.05, 0) is 30.7 Å². The van der Waals surface area contributed by atoms with E-state index in [1.807, 2.05) is 6.92 Å². The number of carbonyl (C=O) groups excluding carboxylic acids is 1. The molecule has 0 aliphatic heterocycles. The molecule has 0 saturated carbocycles. The van der Waals surface area contributed by atoms with Crippen LogP contribution in [0.4, 0.5) is 0 Å². The zero-order valence-corrected chi connectivity index (χ0v) is 9.73. The van der Waals surface area contributed by atoms with E-state index >= 15 is 0 Å². The van der Waals surface area contributed by atoms with Gasteiger partial charge in [0.1, 0.15) is 11.5 Å². The first kappa shape index (κ1) is 12.4. The molecule has 0 saturated heterocycles. The minimum atomic E-state index is -0.557. The zero-order chi connectivity index (χ0) is 12.0. The highest BCUT2D eigenvalue weighted by Gasteiger charge is 2.18. The largest absolute Gasteiger partial charge is 0.497 e. The summed E-state index contributed by atoms with van der Waals surface area (Å²) in [5.41, 5.74) is 0. The Morgan fingerprint density at radius 3 is 2.19 bits per heavy atom. The number of esters is 1. The third kappa shape index (κ3) is 3.15. The molecule has 1 atom stereocenters. The number of ether oxygens (including phenoxy) is 3. The van der Waals surface area contributed by atoms with Gasteiger partial charge in [-0.25, -0.2) is 4.79 Å². The minimum Gasteiger partial charge on any atom is -0.497 e. The summed E-state index contributed by atoms with van der Waals surface area (Å²) in [6.45, 7) is 1.87. The quantitative estimate of drug-likeness (QED) is 0.718. The molecular weight excluding hydrogens is 208 g/mol. The van der Waals surface area contributed by atoms with E-state index in [1.54, 1.807) is 31.4 Å². The van der Waals surface area contributed by atoms with E-state index in [1.165, 1.54) is 7.11 Å². The van der Waals surface area contributed by atoms with Gasteiger partial charge in [-0.3, -0.25) is 0 Å². The predicted molar refractivity (Wildman–Crippen MR) is 59.7 cm³/mol. The first-order chi connectivity index (χ1) is 7.71. The molecular formula is C12H16O4. The lowest BCUT2D eigenvalue weighted by molar-refractivity contribution is -0.148. The molecule has 0 aromatic heterocycles. The second kappa shape index (κ2) is 6.00. The van der Waals surface area contributed by atoms with Crippen LogP contribution in [0.5, 0.6) is 11.5 Å². The van der Waals surface area contributed by atoms with Gasteiger partial charge in [0.05, 0.1) is 14.2 Å². The molecule has 0 spiro atoms. The van der Waals surface area contributed by atoms with Crippen molar-refractivity contribution < 1.29 is 19.0 Å². The maximum absolute atomic E-state index is 11.3. The van der Waals surface area contributed by atoms with Crippen LogP contribution in [0.15, 0.2) is 24.3 Å². The molecule has 16 heavy (non-hydrogen) atoms. The van der Waals surface area contributed by atoms with Crippen LogP contribution in [0.1, 0.15) is 13.3 Å². The number of methoxy groups -OCH3 is 2. The SMILES string of the molecule is CCC(Oc1ccc(OC)cc1)C(=O)OC. The lowest BCUT2D eigenvalue weighted by atomic mass is 10.2. The summed E-state index contributed by atoms with van der Waals surface area (Å²) >= 11 is 0. The molecule has 1 unspecified atom stereocenters. The molecule has 0 aliphatic rings. The van der Waals surface area contributed by atoms with E-state index < -0.39 is 6.10 Å². The van der Waals surface area contributed by atoms with Crippen molar-refractivity contribution in [2.45, 2.75) is 19.4 Å². The molecule has 4 nitrogen and oxygen atoms in total. The summed E-state index contributed by atoms with van der Waals surface area (Å²) in [7, 11) is 2.95. The molecule has 0 bridgehead atoms. The Morgan fingerprint density at radius 1 is 1.19 bits per heavy atom. The molecule has 0 N–H and O–H groups in total. The Morgan fingerprint density at radius 2 is 1.75 bits per heavy atom. The summed E-state index contributed by atoms with van der Waals surface area (Å²) < 4.78 is 15.1. The molecule has 1 aromatic rings. The van der Waals surface area contributed by atoms with Crippen LogP contribution >= 0.6 is 0 Å². The Balaban J connectivity index is 2.66. The summed E-state index contributed by atoms with van der Waals surface area (Å²) in [4.78, 5) is 11.3. The molecule has 1 rings (SSSR count). The van der Waals surface area contributed by atoms with Gasteiger partial charge in [-0.15, -0.1) is 0 Å². The maximum Gasteiger partial charge on any atom is 0.347 e. The van der Waals surface area contributed by atoms with E-state index in [4.69, 9.17) is 9.47 Å². The van der Waals surface area contributed by atoms with Crippen LogP contribution in [-0.4, -0.2) is 26.3 Å². The molecule has 0 amide bonds. The minimum absolute atomic E-state index is 0.363. The summed E-state index contributed by atoms with van der Waals surface area (Å²) in [6.07, 6.45) is 0.0111. The highest BCUT2D eigenvalue weighted by atomic mass is 16.6. The second-order valence-corrected chi connectivity index (χ2v) is 3.21. The Labute approximate surface area is 95.1 Å². The smallest absolute Gasteiger partial charge is 0.347 e. The summed E-state index contributed by atoms with van der Waals surface area (Å²) in [5.74, 6) is 1.01. The van der Waals surface area contributed by atoms with E-state index in [0.29, 0.717) is 12.2 Å². The van der Waals surface area contributed by atoms with Gasteiger partial charge in [-0.2, -0.15) is 0 Å². The molecule has 1 aromatic carbocycles. The van der Waals surface area contributed by atoms with Gasteiger partial charge < -0.3 is 14.2 Å². The molecule has 88 valence electrons. The third-order valence-corrected chi connectivity index (χ3v) is 2.17. The molecule has 4 heteroatoms. The Kier molecular flexibility index (Phi) is 4.64. The predicted octanol–water partition coefficient (Wildman–Crippen LogP) is 2.03. The standard InChI is InChI=1S/C12H16O4/c1-4-11(12(13)15-3)16-10-7-5-9(14-2)6-8-10/h5-8,11H,4H2,1-3H3. The lowest BCUT2D eigenvalue weighted by Gasteiger charge is -2.15. The maximum atomic E-state index is 11.3. The van der Waals surface area contributed by atoms with E-state index in [2.05, 4.69) is 4.74 Å². The van der Waals surface area contributed by atoms with Crippen molar-refractivity contribution in [3.63, 3.8) is 0 Å². The van der Waals surface area contributed by atoms with Crippen LogP contribution in [-0.2, 0) is 9.53 Å². The van der Waals surface area contributed by atoms with Gasteiger partial charge >= 0.3 is 5.97 Å². The number of hydrogen-bond acceptors (Lipinski definition) is 4. The molecule has 0 radical (unpaired) electrons. The van der Waals surface area contributed by atoms with Crippen LogP contribution in [0.3, 0.4) is 0 Å². The fraction of sp³-hybridized carbons (Fsp3) is 0.417. The number of hydrogen-bond donors (Lipinski definition) is 0. The lowest BCUT2D eigenvalue weighted by Crippen LogP contribution is -2.27. The monoisotopic (exact) mass is 224 g/mol. The number of rotatable bonds is 5. The molecule has 0 aliphatic carbocycles. The van der Waals surface area contributed by atoms with Crippen molar-refractivity contribution in [1.82, 2.24) is 0 Å². The number of carbonyl (C=O) groups is 1. The van der Waals surface area contributed by atoms with Crippen LogP contribution in [0, 0.1) is 0 Å². The van der Waals surface area contributed by atoms with Crippen molar-refractivity contribution in [2.75, 3.05) is 14.2 Å². The van der Waals surface area contributed by atoms with Crippen molar-refractivity contribution in [3.8, 4) is 11.5 Å². The fourth-order valence-electron chi connectivity index (χ4n) is 1.25. The van der Waals surface area contributed by atoms with Crippen molar-refractivity contribution in [3.05, 3.63) is 24.3 Å². The van der Waals surface area contributed by atoms with E-state index in [0.717, 1.165) is 5.75 Å². The first-order valence-corrected chi connectivity index (χ1v) is 5.09. The second-order valence-electron chi connectivity index (χ2n) is 3.21. The van der Waals surface area contributed by atoms with Gasteiger partial charge in [0.15, 0.2) is 6.10 Å². The van der Waals surface area contributed by atoms with Gasteiger partial charge in [0.2, 0.25) is 0 Å². The van der Waals surface area contributed by atoms with E-state index in [9.17, 15) is 4.79 Å². The van der Waals surface area contributed by atoms with E-state index in [-0.39, 0.29) is 5.97 Å². The van der Waals surface area contributed by atoms with Crippen LogP contribution in [0.25, 0.3) is 0 Å². The zero-order valence-electron chi connectivity index (χ0n) is 9.73. The first-order valence-electron chi connectivity index (χ1n) is 5.09. The van der Waals surface area contributed by atoms with Gasteiger partial charge in [0.25, 0.3) is 0 Å². The molecule has 0 fully saturated rings. The van der Waals surface area contributed by atoms with Crippen molar-refractivity contribution in [1.29, 1.82) is 0 Å².